The number of carbonyl (C=O) groups is 1. The first-order valence-electron chi connectivity index (χ1n) is 6.83. The second-order valence-electron chi connectivity index (χ2n) is 4.93. The summed E-state index contributed by atoms with van der Waals surface area (Å²) in [5.41, 5.74) is 8.69. The number of hydrogen-bond donors (Lipinski definition) is 1. The van der Waals surface area contributed by atoms with Crippen LogP contribution >= 0.6 is 0 Å². The van der Waals surface area contributed by atoms with Crippen molar-refractivity contribution in [3.05, 3.63) is 48.3 Å². The predicted molar refractivity (Wildman–Crippen MR) is 86.8 cm³/mol. The number of rotatable bonds is 4. The van der Waals surface area contributed by atoms with Crippen LogP contribution in [0.3, 0.4) is 0 Å². The fourth-order valence-corrected chi connectivity index (χ4v) is 2.23. The Bertz CT molecular complexity index is 625. The number of nitrogens with two attached hydrogens (primary N) is 1. The topological polar surface area (TPSA) is 62.5 Å². The van der Waals surface area contributed by atoms with E-state index in [9.17, 15) is 4.79 Å². The molecule has 0 aliphatic heterocycles. The minimum Gasteiger partial charge on any atom is -0.399 e. The Hall–Kier alpha value is -2.56. The first-order chi connectivity index (χ1) is 10.0. The van der Waals surface area contributed by atoms with Gasteiger partial charge in [-0.1, -0.05) is 0 Å². The third kappa shape index (κ3) is 3.13. The van der Waals surface area contributed by atoms with E-state index in [1.807, 2.05) is 44.1 Å². The number of amides is 1. The lowest BCUT2D eigenvalue weighted by atomic mass is 10.1. The van der Waals surface area contributed by atoms with E-state index in [1.165, 1.54) is 0 Å². The molecule has 0 aliphatic carbocycles. The zero-order chi connectivity index (χ0) is 15.4. The highest BCUT2D eigenvalue weighted by Crippen LogP contribution is 2.25. The van der Waals surface area contributed by atoms with Crippen LogP contribution in [-0.4, -0.2) is 31.5 Å². The smallest absolute Gasteiger partial charge is 0.260 e. The highest BCUT2D eigenvalue weighted by molar-refractivity contribution is 6.10. The van der Waals surface area contributed by atoms with Crippen LogP contribution in [0, 0.1) is 0 Å². The van der Waals surface area contributed by atoms with Crippen LogP contribution in [0.25, 0.3) is 0 Å². The van der Waals surface area contributed by atoms with Crippen LogP contribution in [-0.2, 0) is 0 Å². The lowest BCUT2D eigenvalue weighted by Crippen LogP contribution is -2.32. The van der Waals surface area contributed by atoms with E-state index in [0.29, 0.717) is 17.8 Å². The van der Waals surface area contributed by atoms with E-state index in [4.69, 9.17) is 5.73 Å². The van der Waals surface area contributed by atoms with Crippen molar-refractivity contribution in [2.24, 2.45) is 0 Å². The standard InChI is InChI=1S/C16H20N4O/c1-4-20(13-7-9-18-10-8-13)16(21)14-11-12(17)5-6-15(14)19(2)3/h5-11H,4,17H2,1-3H3. The highest BCUT2D eigenvalue weighted by atomic mass is 16.2. The number of aromatic nitrogens is 1. The molecule has 0 aliphatic rings. The molecule has 0 saturated carbocycles. The Balaban J connectivity index is 2.45. The van der Waals surface area contributed by atoms with Gasteiger partial charge >= 0.3 is 0 Å². The summed E-state index contributed by atoms with van der Waals surface area (Å²) in [5, 5.41) is 0. The maximum Gasteiger partial charge on any atom is 0.260 e. The molecule has 0 radical (unpaired) electrons. The van der Waals surface area contributed by atoms with Crippen LogP contribution in [0.4, 0.5) is 17.1 Å². The number of anilines is 3. The fraction of sp³-hybridized carbons (Fsp3) is 0.250. The molecule has 2 N–H and O–H groups in total. The van der Waals surface area contributed by atoms with E-state index >= 15 is 0 Å². The van der Waals surface area contributed by atoms with Crippen molar-refractivity contribution < 1.29 is 4.79 Å². The Labute approximate surface area is 125 Å². The average Bonchev–Trinajstić information content (AvgIpc) is 2.48. The van der Waals surface area contributed by atoms with Crippen molar-refractivity contribution in [1.29, 1.82) is 0 Å². The second kappa shape index (κ2) is 6.26. The van der Waals surface area contributed by atoms with Crippen LogP contribution in [0.5, 0.6) is 0 Å². The van der Waals surface area contributed by atoms with Gasteiger partial charge < -0.3 is 15.5 Å². The highest BCUT2D eigenvalue weighted by Gasteiger charge is 2.20. The quantitative estimate of drug-likeness (QED) is 0.876. The van der Waals surface area contributed by atoms with Gasteiger partial charge in [-0.3, -0.25) is 9.78 Å². The third-order valence-corrected chi connectivity index (χ3v) is 3.27. The monoisotopic (exact) mass is 284 g/mol. The van der Waals surface area contributed by atoms with Gasteiger partial charge in [-0.25, -0.2) is 0 Å². The van der Waals surface area contributed by atoms with Crippen molar-refractivity contribution in [3.8, 4) is 0 Å². The molecule has 0 spiro atoms. The Morgan fingerprint density at radius 3 is 2.43 bits per heavy atom. The van der Waals surface area contributed by atoms with Gasteiger partial charge in [0.1, 0.15) is 0 Å². The maximum absolute atomic E-state index is 12.9. The minimum absolute atomic E-state index is 0.0697. The van der Waals surface area contributed by atoms with Crippen molar-refractivity contribution in [2.75, 3.05) is 36.2 Å². The average molecular weight is 284 g/mol. The van der Waals surface area contributed by atoms with Gasteiger partial charge in [-0.15, -0.1) is 0 Å². The summed E-state index contributed by atoms with van der Waals surface area (Å²) in [6.07, 6.45) is 3.36. The lowest BCUT2D eigenvalue weighted by molar-refractivity contribution is 0.0989. The molecule has 0 bridgehead atoms. The van der Waals surface area contributed by atoms with Crippen molar-refractivity contribution in [3.63, 3.8) is 0 Å². The molecule has 2 aromatic rings. The molecular weight excluding hydrogens is 264 g/mol. The Morgan fingerprint density at radius 2 is 1.86 bits per heavy atom. The van der Waals surface area contributed by atoms with Crippen LogP contribution in [0.15, 0.2) is 42.7 Å². The minimum atomic E-state index is -0.0697. The summed E-state index contributed by atoms with van der Waals surface area (Å²) in [4.78, 5) is 20.5. The first-order valence-corrected chi connectivity index (χ1v) is 6.83. The summed E-state index contributed by atoms with van der Waals surface area (Å²) >= 11 is 0. The van der Waals surface area contributed by atoms with Gasteiger partial charge in [0.05, 0.1) is 5.56 Å². The zero-order valence-electron chi connectivity index (χ0n) is 12.6. The molecule has 2 rings (SSSR count). The summed E-state index contributed by atoms with van der Waals surface area (Å²) in [5.74, 6) is -0.0697. The molecule has 0 atom stereocenters. The van der Waals surface area contributed by atoms with E-state index < -0.39 is 0 Å². The van der Waals surface area contributed by atoms with E-state index in [0.717, 1.165) is 11.4 Å². The summed E-state index contributed by atoms with van der Waals surface area (Å²) in [6.45, 7) is 2.52. The summed E-state index contributed by atoms with van der Waals surface area (Å²) < 4.78 is 0. The molecule has 1 aromatic heterocycles. The van der Waals surface area contributed by atoms with Gasteiger partial charge in [0.25, 0.3) is 5.91 Å². The molecule has 0 unspecified atom stereocenters. The largest absolute Gasteiger partial charge is 0.399 e. The number of carbonyl (C=O) groups excluding carboxylic acids is 1. The normalized spacial score (nSPS) is 10.2. The molecule has 110 valence electrons. The number of nitrogens with zero attached hydrogens (tertiary/aromatic N) is 3. The number of hydrogen-bond acceptors (Lipinski definition) is 4. The number of pyridine rings is 1. The molecule has 1 amide bonds. The fourth-order valence-electron chi connectivity index (χ4n) is 2.23. The SMILES string of the molecule is CCN(C(=O)c1cc(N)ccc1N(C)C)c1ccncc1. The molecular formula is C16H20N4O. The molecule has 1 aromatic carbocycles. The molecule has 21 heavy (non-hydrogen) atoms. The van der Waals surface area contributed by atoms with Crippen LogP contribution < -0.4 is 15.5 Å². The van der Waals surface area contributed by atoms with Crippen molar-refractivity contribution in [1.82, 2.24) is 4.98 Å². The molecule has 1 heterocycles. The first kappa shape index (κ1) is 14.8. The van der Waals surface area contributed by atoms with Gasteiger partial charge in [0, 0.05) is 50.1 Å². The Kier molecular flexibility index (Phi) is 4.42. The Morgan fingerprint density at radius 1 is 1.19 bits per heavy atom. The number of benzene rings is 1. The molecule has 0 fully saturated rings. The van der Waals surface area contributed by atoms with Crippen molar-refractivity contribution in [2.45, 2.75) is 6.92 Å². The molecule has 0 saturated heterocycles. The van der Waals surface area contributed by atoms with E-state index in [1.54, 1.807) is 29.4 Å². The van der Waals surface area contributed by atoms with Gasteiger partial charge in [-0.2, -0.15) is 0 Å². The number of nitrogen functional groups attached to an aromatic ring is 1. The van der Waals surface area contributed by atoms with Crippen LogP contribution in [0.1, 0.15) is 17.3 Å². The van der Waals surface area contributed by atoms with E-state index in [-0.39, 0.29) is 5.91 Å². The van der Waals surface area contributed by atoms with Crippen molar-refractivity contribution >= 4 is 23.0 Å². The maximum atomic E-state index is 12.9. The molecule has 5 heteroatoms. The predicted octanol–water partition coefficient (Wildman–Crippen LogP) is 2.40. The summed E-state index contributed by atoms with van der Waals surface area (Å²) in [7, 11) is 3.82. The lowest BCUT2D eigenvalue weighted by Gasteiger charge is -2.24. The zero-order valence-corrected chi connectivity index (χ0v) is 12.6. The van der Waals surface area contributed by atoms with Gasteiger partial charge in [0.15, 0.2) is 0 Å². The second-order valence-corrected chi connectivity index (χ2v) is 4.93. The van der Waals surface area contributed by atoms with Crippen LogP contribution in [0.2, 0.25) is 0 Å². The van der Waals surface area contributed by atoms with Gasteiger partial charge in [-0.05, 0) is 37.3 Å². The molecule has 5 nitrogen and oxygen atoms in total. The third-order valence-electron chi connectivity index (χ3n) is 3.27. The summed E-state index contributed by atoms with van der Waals surface area (Å²) in [6, 6.07) is 9.03. The van der Waals surface area contributed by atoms with E-state index in [2.05, 4.69) is 4.98 Å². The van der Waals surface area contributed by atoms with Gasteiger partial charge in [0.2, 0.25) is 0 Å².